The van der Waals surface area contributed by atoms with Crippen molar-refractivity contribution in [3.8, 4) is 0 Å². The van der Waals surface area contributed by atoms with Crippen molar-refractivity contribution in [2.24, 2.45) is 5.73 Å². The fraction of sp³-hybridized carbons (Fsp3) is 0.533. The van der Waals surface area contributed by atoms with E-state index in [1.54, 1.807) is 0 Å². The summed E-state index contributed by atoms with van der Waals surface area (Å²) >= 11 is 0. The van der Waals surface area contributed by atoms with Crippen LogP contribution in [-0.2, 0) is 17.6 Å². The third-order valence-electron chi connectivity index (χ3n) is 4.31. The van der Waals surface area contributed by atoms with Gasteiger partial charge < -0.3 is 10.6 Å². The standard InChI is InChI=1S/C15H20N2O/c16-14-6-5-11-8-13(4-3-12(11)9-14)15-2-1-7-17(15)10-18/h3-4,8,10,14-15H,1-2,5-7,9,16H2. The Labute approximate surface area is 108 Å². The van der Waals surface area contributed by atoms with Gasteiger partial charge in [0.15, 0.2) is 0 Å². The Kier molecular flexibility index (Phi) is 3.08. The van der Waals surface area contributed by atoms with Crippen molar-refractivity contribution in [1.82, 2.24) is 4.90 Å². The molecule has 96 valence electrons. The molecule has 1 amide bonds. The van der Waals surface area contributed by atoms with Gasteiger partial charge in [-0.1, -0.05) is 18.2 Å². The number of carbonyl (C=O) groups is 1. The predicted octanol–water partition coefficient (Wildman–Crippen LogP) is 1.80. The molecular formula is C15H20N2O. The van der Waals surface area contributed by atoms with Gasteiger partial charge in [-0.05, 0) is 48.8 Å². The van der Waals surface area contributed by atoms with Gasteiger partial charge in [-0.2, -0.15) is 0 Å². The van der Waals surface area contributed by atoms with Crippen molar-refractivity contribution in [3.63, 3.8) is 0 Å². The molecule has 2 N–H and O–H groups in total. The Balaban J connectivity index is 1.88. The average molecular weight is 244 g/mol. The lowest BCUT2D eigenvalue weighted by Gasteiger charge is -2.25. The number of nitrogens with two attached hydrogens (primary N) is 1. The summed E-state index contributed by atoms with van der Waals surface area (Å²) in [6, 6.07) is 7.31. The normalized spacial score (nSPS) is 27.1. The van der Waals surface area contributed by atoms with Crippen LogP contribution in [0.25, 0.3) is 0 Å². The van der Waals surface area contributed by atoms with Crippen molar-refractivity contribution in [3.05, 3.63) is 34.9 Å². The molecule has 0 aromatic heterocycles. The maximum absolute atomic E-state index is 11.0. The first-order chi connectivity index (χ1) is 8.78. The van der Waals surface area contributed by atoms with Gasteiger partial charge >= 0.3 is 0 Å². The molecule has 1 aromatic carbocycles. The Morgan fingerprint density at radius 2 is 2.17 bits per heavy atom. The molecule has 1 fully saturated rings. The molecule has 1 saturated heterocycles. The largest absolute Gasteiger partial charge is 0.338 e. The number of benzene rings is 1. The number of hydrogen-bond donors (Lipinski definition) is 1. The summed E-state index contributed by atoms with van der Waals surface area (Å²) in [5.41, 5.74) is 10.1. The summed E-state index contributed by atoms with van der Waals surface area (Å²) in [4.78, 5) is 13.0. The Morgan fingerprint density at radius 1 is 1.28 bits per heavy atom. The van der Waals surface area contributed by atoms with Crippen LogP contribution in [0.15, 0.2) is 18.2 Å². The van der Waals surface area contributed by atoms with Crippen molar-refractivity contribution >= 4 is 6.41 Å². The van der Waals surface area contributed by atoms with E-state index in [0.29, 0.717) is 12.1 Å². The van der Waals surface area contributed by atoms with Crippen LogP contribution >= 0.6 is 0 Å². The van der Waals surface area contributed by atoms with Gasteiger partial charge in [0.05, 0.1) is 6.04 Å². The highest BCUT2D eigenvalue weighted by Crippen LogP contribution is 2.33. The van der Waals surface area contributed by atoms with Crippen molar-refractivity contribution in [1.29, 1.82) is 0 Å². The van der Waals surface area contributed by atoms with Gasteiger partial charge in [0, 0.05) is 12.6 Å². The molecular weight excluding hydrogens is 224 g/mol. The molecule has 3 heteroatoms. The van der Waals surface area contributed by atoms with E-state index in [-0.39, 0.29) is 0 Å². The molecule has 18 heavy (non-hydrogen) atoms. The SMILES string of the molecule is NC1CCc2cc(C3CCCN3C=O)ccc2C1. The van der Waals surface area contributed by atoms with E-state index < -0.39 is 0 Å². The lowest BCUT2D eigenvalue weighted by molar-refractivity contribution is -0.118. The summed E-state index contributed by atoms with van der Waals surface area (Å²) in [5, 5.41) is 0. The van der Waals surface area contributed by atoms with Crippen molar-refractivity contribution in [2.75, 3.05) is 6.54 Å². The van der Waals surface area contributed by atoms with Gasteiger partial charge in [-0.15, -0.1) is 0 Å². The number of fused-ring (bicyclic) bond motifs is 1. The van der Waals surface area contributed by atoms with Crippen LogP contribution in [0.1, 0.15) is 42.0 Å². The molecule has 3 nitrogen and oxygen atoms in total. The zero-order chi connectivity index (χ0) is 12.5. The molecule has 1 aliphatic heterocycles. The number of likely N-dealkylation sites (tertiary alicyclic amines) is 1. The van der Waals surface area contributed by atoms with E-state index >= 15 is 0 Å². The van der Waals surface area contributed by atoms with Gasteiger partial charge in [0.1, 0.15) is 0 Å². The molecule has 0 spiro atoms. The number of nitrogens with zero attached hydrogens (tertiary/aromatic N) is 1. The van der Waals surface area contributed by atoms with E-state index in [1.165, 1.54) is 16.7 Å². The topological polar surface area (TPSA) is 46.3 Å². The number of amides is 1. The maximum Gasteiger partial charge on any atom is 0.210 e. The highest BCUT2D eigenvalue weighted by molar-refractivity contribution is 5.50. The van der Waals surface area contributed by atoms with Gasteiger partial charge in [-0.25, -0.2) is 0 Å². The molecule has 1 aliphatic carbocycles. The second-order valence-electron chi connectivity index (χ2n) is 5.53. The number of hydrogen-bond acceptors (Lipinski definition) is 2. The highest BCUT2D eigenvalue weighted by Gasteiger charge is 2.25. The minimum atomic E-state index is 0.295. The van der Waals surface area contributed by atoms with Crippen LogP contribution in [0.3, 0.4) is 0 Å². The Morgan fingerprint density at radius 3 is 3.00 bits per heavy atom. The molecule has 2 aliphatic rings. The predicted molar refractivity (Wildman–Crippen MR) is 71.2 cm³/mol. The first-order valence-corrected chi connectivity index (χ1v) is 6.86. The fourth-order valence-electron chi connectivity index (χ4n) is 3.28. The van der Waals surface area contributed by atoms with Crippen molar-refractivity contribution in [2.45, 2.75) is 44.2 Å². The Bertz CT molecular complexity index is 458. The van der Waals surface area contributed by atoms with Gasteiger partial charge in [-0.3, -0.25) is 4.79 Å². The summed E-state index contributed by atoms with van der Waals surface area (Å²) in [6.07, 6.45) is 6.36. The lowest BCUT2D eigenvalue weighted by atomic mass is 9.86. The molecule has 0 saturated carbocycles. The van der Waals surface area contributed by atoms with E-state index in [9.17, 15) is 4.79 Å². The van der Waals surface area contributed by atoms with E-state index in [0.717, 1.165) is 45.1 Å². The molecule has 1 heterocycles. The number of rotatable bonds is 2. The third kappa shape index (κ3) is 2.03. The zero-order valence-corrected chi connectivity index (χ0v) is 10.6. The average Bonchev–Trinajstić information content (AvgIpc) is 2.86. The molecule has 1 aromatic rings. The minimum Gasteiger partial charge on any atom is -0.338 e. The smallest absolute Gasteiger partial charge is 0.210 e. The second kappa shape index (κ2) is 4.73. The maximum atomic E-state index is 11.0. The first-order valence-electron chi connectivity index (χ1n) is 6.86. The Hall–Kier alpha value is -1.35. The van der Waals surface area contributed by atoms with Gasteiger partial charge in [0.2, 0.25) is 6.41 Å². The molecule has 2 unspecified atom stereocenters. The summed E-state index contributed by atoms with van der Waals surface area (Å²) in [6.45, 7) is 0.899. The second-order valence-corrected chi connectivity index (χ2v) is 5.53. The molecule has 2 atom stereocenters. The van der Waals surface area contributed by atoms with Crippen LogP contribution in [-0.4, -0.2) is 23.9 Å². The zero-order valence-electron chi connectivity index (χ0n) is 10.6. The first kappa shape index (κ1) is 11.7. The highest BCUT2D eigenvalue weighted by atomic mass is 16.1. The third-order valence-corrected chi connectivity index (χ3v) is 4.31. The summed E-state index contributed by atoms with van der Waals surface area (Å²) in [7, 11) is 0. The van der Waals surface area contributed by atoms with Crippen LogP contribution in [0.5, 0.6) is 0 Å². The van der Waals surface area contributed by atoms with E-state index in [2.05, 4.69) is 18.2 Å². The van der Waals surface area contributed by atoms with E-state index in [4.69, 9.17) is 5.73 Å². The van der Waals surface area contributed by atoms with Crippen LogP contribution < -0.4 is 5.73 Å². The molecule has 0 radical (unpaired) electrons. The summed E-state index contributed by atoms with van der Waals surface area (Å²) in [5.74, 6) is 0. The lowest BCUT2D eigenvalue weighted by Crippen LogP contribution is -2.28. The number of carbonyl (C=O) groups excluding carboxylic acids is 1. The van der Waals surface area contributed by atoms with Crippen molar-refractivity contribution < 1.29 is 4.79 Å². The quantitative estimate of drug-likeness (QED) is 0.806. The monoisotopic (exact) mass is 244 g/mol. The van der Waals surface area contributed by atoms with Gasteiger partial charge in [0.25, 0.3) is 0 Å². The van der Waals surface area contributed by atoms with E-state index in [1.807, 2.05) is 4.90 Å². The molecule has 0 bridgehead atoms. The fourth-order valence-corrected chi connectivity index (χ4v) is 3.28. The van der Waals surface area contributed by atoms with Crippen LogP contribution in [0.2, 0.25) is 0 Å². The summed E-state index contributed by atoms with van der Waals surface area (Å²) < 4.78 is 0. The minimum absolute atomic E-state index is 0.295. The van der Waals surface area contributed by atoms with Crippen LogP contribution in [0, 0.1) is 0 Å². The van der Waals surface area contributed by atoms with Crippen LogP contribution in [0.4, 0.5) is 0 Å². The number of aryl methyl sites for hydroxylation is 1. The molecule has 3 rings (SSSR count).